The number of carbonyl (C=O) groups excluding carboxylic acids is 1. The second-order valence-electron chi connectivity index (χ2n) is 6.14. The highest BCUT2D eigenvalue weighted by atomic mass is 16.5. The van der Waals surface area contributed by atoms with E-state index in [4.69, 9.17) is 9.15 Å². The quantitative estimate of drug-likeness (QED) is 0.478. The lowest BCUT2D eigenvalue weighted by Gasteiger charge is -2.10. The molecule has 26 heavy (non-hydrogen) atoms. The lowest BCUT2D eigenvalue weighted by atomic mass is 10.1. The summed E-state index contributed by atoms with van der Waals surface area (Å²) in [5, 5.41) is 11.8. The van der Waals surface area contributed by atoms with E-state index in [1.165, 1.54) is 10.9 Å². The molecule has 0 bridgehead atoms. The van der Waals surface area contributed by atoms with E-state index in [9.17, 15) is 4.79 Å². The van der Waals surface area contributed by atoms with E-state index in [0.717, 1.165) is 12.0 Å². The zero-order valence-corrected chi connectivity index (χ0v) is 14.7. The summed E-state index contributed by atoms with van der Waals surface area (Å²) in [5.41, 5.74) is 0.977. The van der Waals surface area contributed by atoms with Gasteiger partial charge in [-0.15, -0.1) is 5.10 Å². The zero-order valence-electron chi connectivity index (χ0n) is 14.7. The molecule has 0 N–H and O–H groups in total. The minimum Gasteiger partial charge on any atom is -0.465 e. The van der Waals surface area contributed by atoms with Crippen LogP contribution in [-0.2, 0) is 9.53 Å². The molecule has 7 nitrogen and oxygen atoms in total. The molecule has 3 rings (SSSR count). The molecule has 0 aliphatic heterocycles. The monoisotopic (exact) mass is 352 g/mol. The molecule has 0 saturated heterocycles. The number of ether oxygens (including phenoxy) is 1. The summed E-state index contributed by atoms with van der Waals surface area (Å²) in [4.78, 5) is 12.7. The molecule has 0 unspecified atom stereocenters. The van der Waals surface area contributed by atoms with Gasteiger partial charge in [0.25, 0.3) is 0 Å². The van der Waals surface area contributed by atoms with Gasteiger partial charge in [0.05, 0.1) is 12.9 Å². The molecule has 2 aromatic heterocycles. The summed E-state index contributed by atoms with van der Waals surface area (Å²) < 4.78 is 12.1. The summed E-state index contributed by atoms with van der Waals surface area (Å²) >= 11 is 0. The molecule has 0 atom stereocenters. The van der Waals surface area contributed by atoms with Crippen LogP contribution in [0.4, 0.5) is 0 Å². The third kappa shape index (κ3) is 4.24. The van der Waals surface area contributed by atoms with Gasteiger partial charge in [0.1, 0.15) is 5.76 Å². The third-order valence-electron chi connectivity index (χ3n) is 3.69. The van der Waals surface area contributed by atoms with E-state index >= 15 is 0 Å². The zero-order chi connectivity index (χ0) is 18.4. The highest BCUT2D eigenvalue weighted by Crippen LogP contribution is 2.21. The van der Waals surface area contributed by atoms with Gasteiger partial charge < -0.3 is 9.15 Å². The Balaban J connectivity index is 1.95. The van der Waals surface area contributed by atoms with Crippen molar-refractivity contribution < 1.29 is 13.9 Å². The van der Waals surface area contributed by atoms with Crippen LogP contribution in [0.5, 0.6) is 0 Å². The van der Waals surface area contributed by atoms with Gasteiger partial charge in [0.15, 0.2) is 11.5 Å². The van der Waals surface area contributed by atoms with Crippen molar-refractivity contribution in [1.82, 2.24) is 20.2 Å². The standard InChI is InChI=1S/C19H20N4O3/c1-14(2)10-12-26-19(24)17(13-16-9-6-11-25-16)23-18(20-21-22-23)15-7-4-3-5-8-15/h3-9,11,13-14H,10,12H2,1-2H3/b17-13-. The molecule has 2 heterocycles. The largest absolute Gasteiger partial charge is 0.465 e. The minimum absolute atomic E-state index is 0.188. The Morgan fingerprint density at radius 1 is 1.23 bits per heavy atom. The fourth-order valence-corrected chi connectivity index (χ4v) is 2.29. The van der Waals surface area contributed by atoms with E-state index in [1.807, 2.05) is 30.3 Å². The van der Waals surface area contributed by atoms with Crippen LogP contribution < -0.4 is 0 Å². The first-order chi connectivity index (χ1) is 12.6. The molecule has 0 amide bonds. The van der Waals surface area contributed by atoms with Gasteiger partial charge in [-0.25, -0.2) is 4.79 Å². The predicted octanol–water partition coefficient (Wildman–Crippen LogP) is 3.52. The number of aromatic nitrogens is 4. The molecule has 134 valence electrons. The SMILES string of the molecule is CC(C)CCOC(=O)/C(=C/c1ccco1)n1nnnc1-c1ccccc1. The molecule has 3 aromatic rings. The first-order valence-electron chi connectivity index (χ1n) is 8.41. The van der Waals surface area contributed by atoms with Crippen molar-refractivity contribution in [2.45, 2.75) is 20.3 Å². The van der Waals surface area contributed by atoms with Crippen molar-refractivity contribution in [2.24, 2.45) is 5.92 Å². The van der Waals surface area contributed by atoms with E-state index in [1.54, 1.807) is 18.2 Å². The number of esters is 1. The van der Waals surface area contributed by atoms with E-state index in [0.29, 0.717) is 24.1 Å². The average Bonchev–Trinajstić information content (AvgIpc) is 3.31. The van der Waals surface area contributed by atoms with Gasteiger partial charge in [0.2, 0.25) is 0 Å². The molecule has 0 aliphatic rings. The number of hydrogen-bond acceptors (Lipinski definition) is 6. The summed E-state index contributed by atoms with van der Waals surface area (Å²) in [5.74, 6) is 0.888. The van der Waals surface area contributed by atoms with Crippen molar-refractivity contribution in [1.29, 1.82) is 0 Å². The van der Waals surface area contributed by atoms with Crippen molar-refractivity contribution in [2.75, 3.05) is 6.61 Å². The summed E-state index contributed by atoms with van der Waals surface area (Å²) in [6, 6.07) is 12.9. The summed E-state index contributed by atoms with van der Waals surface area (Å²) in [6.07, 6.45) is 3.88. The van der Waals surface area contributed by atoms with Crippen LogP contribution >= 0.6 is 0 Å². The van der Waals surface area contributed by atoms with E-state index < -0.39 is 5.97 Å². The van der Waals surface area contributed by atoms with Crippen molar-refractivity contribution in [3.8, 4) is 11.4 Å². The highest BCUT2D eigenvalue weighted by Gasteiger charge is 2.21. The van der Waals surface area contributed by atoms with Gasteiger partial charge in [-0.2, -0.15) is 4.68 Å². The van der Waals surface area contributed by atoms with Crippen molar-refractivity contribution in [3.63, 3.8) is 0 Å². The fraction of sp³-hybridized carbons (Fsp3) is 0.263. The first-order valence-corrected chi connectivity index (χ1v) is 8.41. The fourth-order valence-electron chi connectivity index (χ4n) is 2.29. The van der Waals surface area contributed by atoms with Crippen LogP contribution in [0.15, 0.2) is 53.1 Å². The number of carbonyl (C=O) groups is 1. The molecule has 0 fully saturated rings. The van der Waals surface area contributed by atoms with Gasteiger partial charge in [-0.3, -0.25) is 0 Å². The topological polar surface area (TPSA) is 83.0 Å². The van der Waals surface area contributed by atoms with E-state index in [-0.39, 0.29) is 5.70 Å². The number of hydrogen-bond donors (Lipinski definition) is 0. The predicted molar refractivity (Wildman–Crippen MR) is 96.5 cm³/mol. The Kier molecular flexibility index (Phi) is 5.58. The third-order valence-corrected chi connectivity index (χ3v) is 3.69. The van der Waals surface area contributed by atoms with Crippen LogP contribution in [0.1, 0.15) is 26.0 Å². The number of furan rings is 1. The normalized spacial score (nSPS) is 11.7. The number of tetrazole rings is 1. The Bertz CT molecular complexity index is 867. The maximum absolute atomic E-state index is 12.7. The van der Waals surface area contributed by atoms with Crippen LogP contribution in [0, 0.1) is 5.92 Å². The lowest BCUT2D eigenvalue weighted by molar-refractivity contribution is -0.137. The first kappa shape index (κ1) is 17.6. The average molecular weight is 352 g/mol. The van der Waals surface area contributed by atoms with Crippen molar-refractivity contribution >= 4 is 17.7 Å². The number of benzene rings is 1. The molecule has 0 saturated carbocycles. The Hall–Kier alpha value is -3.22. The number of rotatable bonds is 7. The van der Waals surface area contributed by atoms with Crippen LogP contribution in [0.3, 0.4) is 0 Å². The highest BCUT2D eigenvalue weighted by molar-refractivity contribution is 6.15. The van der Waals surface area contributed by atoms with Crippen molar-refractivity contribution in [3.05, 3.63) is 54.5 Å². The van der Waals surface area contributed by atoms with Crippen LogP contribution in [0.25, 0.3) is 23.2 Å². The summed E-state index contributed by atoms with van der Waals surface area (Å²) in [6.45, 7) is 4.47. The molecule has 0 radical (unpaired) electrons. The molecule has 0 spiro atoms. The Morgan fingerprint density at radius 3 is 2.73 bits per heavy atom. The maximum atomic E-state index is 12.7. The molecular formula is C19H20N4O3. The molecule has 1 aromatic carbocycles. The smallest absolute Gasteiger partial charge is 0.357 e. The van der Waals surface area contributed by atoms with Crippen LogP contribution in [-0.4, -0.2) is 32.8 Å². The molecule has 7 heteroatoms. The molecule has 0 aliphatic carbocycles. The Morgan fingerprint density at radius 2 is 2.04 bits per heavy atom. The van der Waals surface area contributed by atoms with Gasteiger partial charge in [-0.1, -0.05) is 44.2 Å². The van der Waals surface area contributed by atoms with Gasteiger partial charge in [-0.05, 0) is 34.9 Å². The lowest BCUT2D eigenvalue weighted by Crippen LogP contribution is -2.16. The minimum atomic E-state index is -0.508. The second kappa shape index (κ2) is 8.24. The maximum Gasteiger partial charge on any atom is 0.357 e. The Labute approximate surface area is 151 Å². The van der Waals surface area contributed by atoms with Crippen LogP contribution in [0.2, 0.25) is 0 Å². The summed E-state index contributed by atoms with van der Waals surface area (Å²) in [7, 11) is 0. The second-order valence-corrected chi connectivity index (χ2v) is 6.14. The number of nitrogens with zero attached hydrogens (tertiary/aromatic N) is 4. The van der Waals surface area contributed by atoms with Gasteiger partial charge in [0, 0.05) is 11.6 Å². The van der Waals surface area contributed by atoms with Gasteiger partial charge >= 0.3 is 5.97 Å². The van der Waals surface area contributed by atoms with E-state index in [2.05, 4.69) is 29.4 Å². The molecular weight excluding hydrogens is 332 g/mol.